The molecule has 0 saturated carbocycles. The molecule has 2 rings (SSSR count). The molecular weight excluding hydrogens is 292 g/mol. The maximum Gasteiger partial charge on any atom is 0.317 e. The van der Waals surface area contributed by atoms with Crippen LogP contribution in [0.25, 0.3) is 0 Å². The van der Waals surface area contributed by atoms with Crippen LogP contribution in [0.15, 0.2) is 24.3 Å². The molecule has 6 heteroatoms. The van der Waals surface area contributed by atoms with E-state index >= 15 is 0 Å². The number of hydrogen-bond donors (Lipinski definition) is 2. The summed E-state index contributed by atoms with van der Waals surface area (Å²) in [5.74, 6) is 0.192. The number of aliphatic hydroxyl groups excluding tert-OH is 1. The van der Waals surface area contributed by atoms with Crippen molar-refractivity contribution >= 4 is 17.6 Å². The smallest absolute Gasteiger partial charge is 0.317 e. The second-order valence-electron chi connectivity index (χ2n) is 5.22. The van der Waals surface area contributed by atoms with Gasteiger partial charge in [0.15, 0.2) is 0 Å². The number of hydrogen-bond acceptors (Lipinski definition) is 3. The number of aliphatic hydroxyl groups is 1. The van der Waals surface area contributed by atoms with Crippen molar-refractivity contribution in [1.29, 1.82) is 0 Å². The Labute approximate surface area is 129 Å². The molecule has 2 amide bonds. The Morgan fingerprint density at radius 1 is 1.57 bits per heavy atom. The molecule has 0 aliphatic carbocycles. The predicted octanol–water partition coefficient (Wildman–Crippen LogP) is 2.05. The minimum atomic E-state index is -0.279. The van der Waals surface area contributed by atoms with E-state index in [1.54, 1.807) is 18.1 Å². The first-order valence-electron chi connectivity index (χ1n) is 7.06. The van der Waals surface area contributed by atoms with E-state index < -0.39 is 0 Å². The summed E-state index contributed by atoms with van der Waals surface area (Å²) < 4.78 is 5.41. The largest absolute Gasteiger partial charge is 0.396 e. The number of amides is 2. The summed E-state index contributed by atoms with van der Waals surface area (Å²) in [6.07, 6.45) is 0.571. The number of likely N-dealkylation sites (tertiary alicyclic amines) is 1. The van der Waals surface area contributed by atoms with E-state index in [9.17, 15) is 4.79 Å². The number of carbonyl (C=O) groups excluding carboxylic acids is 1. The lowest BCUT2D eigenvalue weighted by molar-refractivity contribution is 0.102. The molecule has 2 N–H and O–H groups in total. The van der Waals surface area contributed by atoms with Gasteiger partial charge in [0.1, 0.15) is 6.10 Å². The maximum absolute atomic E-state index is 12.1. The van der Waals surface area contributed by atoms with E-state index in [0.717, 1.165) is 12.0 Å². The Kier molecular flexibility index (Phi) is 5.85. The lowest BCUT2D eigenvalue weighted by Gasteiger charge is -2.21. The zero-order chi connectivity index (χ0) is 15.2. The molecule has 1 fully saturated rings. The van der Waals surface area contributed by atoms with Crippen LogP contribution in [0.5, 0.6) is 0 Å². The van der Waals surface area contributed by atoms with Gasteiger partial charge in [-0.2, -0.15) is 0 Å². The molecule has 1 aliphatic rings. The highest BCUT2D eigenvalue weighted by Crippen LogP contribution is 2.24. The highest BCUT2D eigenvalue weighted by Gasteiger charge is 2.26. The van der Waals surface area contributed by atoms with Gasteiger partial charge >= 0.3 is 6.03 Å². The molecule has 1 aromatic rings. The number of halogens is 1. The molecule has 1 saturated heterocycles. The molecule has 1 heterocycles. The molecule has 0 aromatic heterocycles. The lowest BCUT2D eigenvalue weighted by Crippen LogP contribution is -2.40. The second kappa shape index (κ2) is 7.64. The summed E-state index contributed by atoms with van der Waals surface area (Å²) in [6, 6.07) is 7.31. The minimum absolute atomic E-state index is 0.125. The number of urea groups is 1. The van der Waals surface area contributed by atoms with Gasteiger partial charge in [0, 0.05) is 49.9 Å². The molecule has 0 spiro atoms. The monoisotopic (exact) mass is 312 g/mol. The summed E-state index contributed by atoms with van der Waals surface area (Å²) >= 11 is 6.15. The molecular formula is C15H21ClN2O3. The predicted molar refractivity (Wildman–Crippen MR) is 81.4 cm³/mol. The van der Waals surface area contributed by atoms with Crippen molar-refractivity contribution < 1.29 is 14.6 Å². The van der Waals surface area contributed by atoms with Gasteiger partial charge < -0.3 is 20.1 Å². The van der Waals surface area contributed by atoms with Crippen molar-refractivity contribution in [3.8, 4) is 0 Å². The standard InChI is InChI=1S/C15H21ClN2O3/c1-21-14(12-4-2-3-5-13(12)16)8-17-15(20)18-7-6-11(9-18)10-19/h2-5,11,14,19H,6-10H2,1H3,(H,17,20). The zero-order valence-corrected chi connectivity index (χ0v) is 12.8. The zero-order valence-electron chi connectivity index (χ0n) is 12.1. The number of rotatable bonds is 5. The topological polar surface area (TPSA) is 61.8 Å². The normalized spacial score (nSPS) is 19.6. The van der Waals surface area contributed by atoms with E-state index in [0.29, 0.717) is 24.7 Å². The Morgan fingerprint density at radius 2 is 2.33 bits per heavy atom. The third kappa shape index (κ3) is 4.09. The fourth-order valence-electron chi connectivity index (χ4n) is 2.51. The summed E-state index contributed by atoms with van der Waals surface area (Å²) in [5, 5.41) is 12.6. The molecule has 5 nitrogen and oxygen atoms in total. The van der Waals surface area contributed by atoms with Crippen molar-refractivity contribution in [3.05, 3.63) is 34.9 Å². The van der Waals surface area contributed by atoms with Crippen molar-refractivity contribution in [1.82, 2.24) is 10.2 Å². The third-order valence-corrected chi connectivity index (χ3v) is 4.15. The summed E-state index contributed by atoms with van der Waals surface area (Å²) in [7, 11) is 1.60. The molecule has 2 atom stereocenters. The van der Waals surface area contributed by atoms with E-state index in [-0.39, 0.29) is 24.7 Å². The fraction of sp³-hybridized carbons (Fsp3) is 0.533. The first-order chi connectivity index (χ1) is 10.2. The molecule has 1 aromatic carbocycles. The van der Waals surface area contributed by atoms with Gasteiger partial charge in [-0.1, -0.05) is 29.8 Å². The maximum atomic E-state index is 12.1. The van der Waals surface area contributed by atoms with Crippen LogP contribution in [0.2, 0.25) is 5.02 Å². The first-order valence-corrected chi connectivity index (χ1v) is 7.44. The number of nitrogens with zero attached hydrogens (tertiary/aromatic N) is 1. The first kappa shape index (κ1) is 16.1. The van der Waals surface area contributed by atoms with Crippen LogP contribution < -0.4 is 5.32 Å². The van der Waals surface area contributed by atoms with Crippen LogP contribution in [0, 0.1) is 5.92 Å². The van der Waals surface area contributed by atoms with Gasteiger partial charge in [0.05, 0.1) is 0 Å². The van der Waals surface area contributed by atoms with Crippen LogP contribution in [-0.4, -0.2) is 49.4 Å². The van der Waals surface area contributed by atoms with Gasteiger partial charge in [-0.15, -0.1) is 0 Å². The lowest BCUT2D eigenvalue weighted by atomic mass is 10.1. The Hall–Kier alpha value is -1.30. The van der Waals surface area contributed by atoms with Crippen molar-refractivity contribution in [2.45, 2.75) is 12.5 Å². The minimum Gasteiger partial charge on any atom is -0.396 e. The number of carbonyl (C=O) groups is 1. The molecule has 0 bridgehead atoms. The van der Waals surface area contributed by atoms with Gasteiger partial charge in [-0.05, 0) is 12.5 Å². The molecule has 21 heavy (non-hydrogen) atoms. The average Bonchev–Trinajstić information content (AvgIpc) is 2.98. The Morgan fingerprint density at radius 3 is 2.95 bits per heavy atom. The summed E-state index contributed by atoms with van der Waals surface area (Å²) in [6.45, 7) is 1.77. The van der Waals surface area contributed by atoms with Gasteiger partial charge in [0.2, 0.25) is 0 Å². The van der Waals surface area contributed by atoms with E-state index in [2.05, 4.69) is 5.32 Å². The van der Waals surface area contributed by atoms with E-state index in [4.69, 9.17) is 21.4 Å². The number of methoxy groups -OCH3 is 1. The second-order valence-corrected chi connectivity index (χ2v) is 5.62. The van der Waals surface area contributed by atoms with Crippen molar-refractivity contribution in [2.75, 3.05) is 33.4 Å². The average molecular weight is 313 g/mol. The van der Waals surface area contributed by atoms with Crippen LogP contribution in [0.4, 0.5) is 4.79 Å². The summed E-state index contributed by atoms with van der Waals surface area (Å²) in [5.41, 5.74) is 0.858. The van der Waals surface area contributed by atoms with Crippen LogP contribution in [-0.2, 0) is 4.74 Å². The quantitative estimate of drug-likeness (QED) is 0.875. The Balaban J connectivity index is 1.89. The molecule has 1 aliphatic heterocycles. The number of ether oxygens (including phenoxy) is 1. The third-order valence-electron chi connectivity index (χ3n) is 3.81. The molecule has 0 radical (unpaired) electrons. The highest BCUT2D eigenvalue weighted by molar-refractivity contribution is 6.31. The van der Waals surface area contributed by atoms with Crippen LogP contribution in [0.1, 0.15) is 18.1 Å². The van der Waals surface area contributed by atoms with Gasteiger partial charge in [0.25, 0.3) is 0 Å². The van der Waals surface area contributed by atoms with E-state index in [1.807, 2.05) is 18.2 Å². The fourth-order valence-corrected chi connectivity index (χ4v) is 2.77. The van der Waals surface area contributed by atoms with Crippen LogP contribution >= 0.6 is 11.6 Å². The van der Waals surface area contributed by atoms with Crippen molar-refractivity contribution in [2.24, 2.45) is 5.92 Å². The van der Waals surface area contributed by atoms with Gasteiger partial charge in [-0.3, -0.25) is 0 Å². The Bertz CT molecular complexity index is 484. The number of benzene rings is 1. The highest BCUT2D eigenvalue weighted by atomic mass is 35.5. The number of nitrogens with one attached hydrogen (secondary N) is 1. The molecule has 116 valence electrons. The van der Waals surface area contributed by atoms with Gasteiger partial charge in [-0.25, -0.2) is 4.79 Å². The molecule has 2 unspecified atom stereocenters. The van der Waals surface area contributed by atoms with E-state index in [1.165, 1.54) is 0 Å². The summed E-state index contributed by atoms with van der Waals surface area (Å²) in [4.78, 5) is 13.8. The van der Waals surface area contributed by atoms with Crippen molar-refractivity contribution in [3.63, 3.8) is 0 Å². The van der Waals surface area contributed by atoms with Crippen LogP contribution in [0.3, 0.4) is 0 Å². The SMILES string of the molecule is COC(CNC(=O)N1CCC(CO)C1)c1ccccc1Cl.